The van der Waals surface area contributed by atoms with E-state index in [-0.39, 0.29) is 5.82 Å². The summed E-state index contributed by atoms with van der Waals surface area (Å²) in [7, 11) is 0. The monoisotopic (exact) mass is 253 g/mol. The molecule has 1 aromatic carbocycles. The highest BCUT2D eigenvalue weighted by Crippen LogP contribution is 2.27. The first-order chi connectivity index (χ1) is 6.59. The molecule has 0 aliphatic heterocycles. The van der Waals surface area contributed by atoms with Crippen molar-refractivity contribution in [1.82, 2.24) is 4.98 Å². The Bertz CT molecular complexity index is 508. The number of pyridine rings is 1. The quantitative estimate of drug-likeness (QED) is 0.697. The number of rotatable bonds is 0. The van der Waals surface area contributed by atoms with Crippen molar-refractivity contribution in [2.75, 3.05) is 0 Å². The molecule has 0 aliphatic carbocycles. The summed E-state index contributed by atoms with van der Waals surface area (Å²) in [5, 5.41) is 0.953. The summed E-state index contributed by atoms with van der Waals surface area (Å²) in [5.41, 5.74) is 2.72. The van der Waals surface area contributed by atoms with Gasteiger partial charge in [0.25, 0.3) is 0 Å². The van der Waals surface area contributed by atoms with E-state index in [4.69, 9.17) is 0 Å². The Morgan fingerprint density at radius 2 is 2.00 bits per heavy atom. The molecule has 14 heavy (non-hydrogen) atoms. The molecule has 0 unspecified atom stereocenters. The molecule has 1 nitrogen and oxygen atoms in total. The first kappa shape index (κ1) is 9.59. The zero-order valence-electron chi connectivity index (χ0n) is 7.94. The van der Waals surface area contributed by atoms with Gasteiger partial charge in [-0.15, -0.1) is 0 Å². The second-order valence-electron chi connectivity index (χ2n) is 3.30. The molecule has 0 N–H and O–H groups in total. The van der Waals surface area contributed by atoms with Gasteiger partial charge in [-0.2, -0.15) is 0 Å². The lowest BCUT2D eigenvalue weighted by atomic mass is 10.1. The van der Waals surface area contributed by atoms with E-state index in [1.807, 2.05) is 13.8 Å². The number of hydrogen-bond donors (Lipinski definition) is 0. The third-order valence-corrected chi connectivity index (χ3v) is 3.38. The molecule has 0 fully saturated rings. The standard InChI is InChI=1S/C11H9BrFN/c1-6-7(2)14-10-5-8(13)3-4-9(10)11(6)12/h3-5H,1-2H3. The molecular weight excluding hydrogens is 245 g/mol. The van der Waals surface area contributed by atoms with Crippen molar-refractivity contribution in [3.8, 4) is 0 Å². The predicted octanol–water partition coefficient (Wildman–Crippen LogP) is 3.75. The molecule has 2 aromatic rings. The zero-order chi connectivity index (χ0) is 10.3. The molecule has 1 aromatic heterocycles. The number of aryl methyl sites for hydroxylation is 1. The minimum Gasteiger partial charge on any atom is -0.253 e. The summed E-state index contributed by atoms with van der Waals surface area (Å²) in [6.45, 7) is 3.92. The molecule has 72 valence electrons. The largest absolute Gasteiger partial charge is 0.253 e. The van der Waals surface area contributed by atoms with Gasteiger partial charge in [-0.05, 0) is 47.5 Å². The SMILES string of the molecule is Cc1nc2cc(F)ccc2c(Br)c1C. The Morgan fingerprint density at radius 3 is 2.71 bits per heavy atom. The lowest BCUT2D eigenvalue weighted by Gasteiger charge is -2.06. The molecule has 0 saturated carbocycles. The second kappa shape index (κ2) is 3.31. The van der Waals surface area contributed by atoms with Crippen LogP contribution in [0, 0.1) is 19.7 Å². The second-order valence-corrected chi connectivity index (χ2v) is 4.09. The van der Waals surface area contributed by atoms with Crippen LogP contribution in [0.5, 0.6) is 0 Å². The number of hydrogen-bond acceptors (Lipinski definition) is 1. The molecule has 0 radical (unpaired) electrons. The topological polar surface area (TPSA) is 12.9 Å². The van der Waals surface area contributed by atoms with Gasteiger partial charge in [0.1, 0.15) is 5.82 Å². The summed E-state index contributed by atoms with van der Waals surface area (Å²) < 4.78 is 13.9. The van der Waals surface area contributed by atoms with E-state index in [1.165, 1.54) is 12.1 Å². The summed E-state index contributed by atoms with van der Waals surface area (Å²) >= 11 is 3.49. The molecule has 0 atom stereocenters. The van der Waals surface area contributed by atoms with Gasteiger partial charge >= 0.3 is 0 Å². The molecule has 2 rings (SSSR count). The van der Waals surface area contributed by atoms with Crippen molar-refractivity contribution in [3.05, 3.63) is 39.7 Å². The van der Waals surface area contributed by atoms with Crippen LogP contribution in [0.4, 0.5) is 4.39 Å². The van der Waals surface area contributed by atoms with Gasteiger partial charge in [-0.25, -0.2) is 4.39 Å². The van der Waals surface area contributed by atoms with Gasteiger partial charge in [0.15, 0.2) is 0 Å². The molecule has 1 heterocycles. The third kappa shape index (κ3) is 1.42. The van der Waals surface area contributed by atoms with Crippen LogP contribution in [0.3, 0.4) is 0 Å². The first-order valence-electron chi connectivity index (χ1n) is 4.31. The maximum absolute atomic E-state index is 12.9. The van der Waals surface area contributed by atoms with Gasteiger partial charge in [0, 0.05) is 21.6 Å². The molecule has 0 bridgehead atoms. The van der Waals surface area contributed by atoms with Gasteiger partial charge < -0.3 is 0 Å². The van der Waals surface area contributed by atoms with Gasteiger partial charge in [-0.3, -0.25) is 4.98 Å². The van der Waals surface area contributed by atoms with Crippen LogP contribution >= 0.6 is 15.9 Å². The summed E-state index contributed by atoms with van der Waals surface area (Å²) in [6, 6.07) is 4.64. The molecular formula is C11H9BrFN. The van der Waals surface area contributed by atoms with Crippen molar-refractivity contribution in [2.45, 2.75) is 13.8 Å². The molecule has 3 heteroatoms. The highest BCUT2D eigenvalue weighted by molar-refractivity contribution is 9.10. The molecule has 0 amide bonds. The van der Waals surface area contributed by atoms with Crippen LogP contribution in [-0.4, -0.2) is 4.98 Å². The van der Waals surface area contributed by atoms with Gasteiger partial charge in [-0.1, -0.05) is 0 Å². The van der Waals surface area contributed by atoms with Gasteiger partial charge in [0.05, 0.1) is 5.52 Å². The number of fused-ring (bicyclic) bond motifs is 1. The fourth-order valence-electron chi connectivity index (χ4n) is 1.41. The Morgan fingerprint density at radius 1 is 1.29 bits per heavy atom. The van der Waals surface area contributed by atoms with E-state index in [0.29, 0.717) is 5.52 Å². The molecule has 0 aliphatic rings. The average Bonchev–Trinajstić information content (AvgIpc) is 2.14. The van der Waals surface area contributed by atoms with Crippen LogP contribution in [0.2, 0.25) is 0 Å². The number of benzene rings is 1. The molecule has 0 spiro atoms. The van der Waals surface area contributed by atoms with Crippen molar-refractivity contribution in [2.24, 2.45) is 0 Å². The van der Waals surface area contributed by atoms with E-state index in [9.17, 15) is 4.39 Å². The lowest BCUT2D eigenvalue weighted by Crippen LogP contribution is -1.91. The highest BCUT2D eigenvalue weighted by Gasteiger charge is 2.06. The van der Waals surface area contributed by atoms with E-state index in [0.717, 1.165) is 21.1 Å². The average molecular weight is 254 g/mol. The maximum atomic E-state index is 12.9. The zero-order valence-corrected chi connectivity index (χ0v) is 9.52. The van der Waals surface area contributed by atoms with Gasteiger partial charge in [0.2, 0.25) is 0 Å². The number of nitrogens with zero attached hydrogens (tertiary/aromatic N) is 1. The lowest BCUT2D eigenvalue weighted by molar-refractivity contribution is 0.629. The highest BCUT2D eigenvalue weighted by atomic mass is 79.9. The normalized spacial score (nSPS) is 10.9. The summed E-state index contributed by atoms with van der Waals surface area (Å²) in [4.78, 5) is 4.33. The Hall–Kier alpha value is -0.960. The summed E-state index contributed by atoms with van der Waals surface area (Å²) in [6.07, 6.45) is 0. The Labute approximate surface area is 90.1 Å². The minimum absolute atomic E-state index is 0.250. The fourth-order valence-corrected chi connectivity index (χ4v) is 2.03. The summed E-state index contributed by atoms with van der Waals surface area (Å²) in [5.74, 6) is -0.250. The smallest absolute Gasteiger partial charge is 0.125 e. The van der Waals surface area contributed by atoms with Crippen molar-refractivity contribution < 1.29 is 4.39 Å². The number of halogens is 2. The predicted molar refractivity (Wildman–Crippen MR) is 58.9 cm³/mol. The van der Waals surface area contributed by atoms with Crippen LogP contribution in [-0.2, 0) is 0 Å². The van der Waals surface area contributed by atoms with E-state index >= 15 is 0 Å². The Balaban J connectivity index is 2.91. The molecule has 0 saturated heterocycles. The third-order valence-electron chi connectivity index (χ3n) is 2.36. The van der Waals surface area contributed by atoms with Crippen molar-refractivity contribution in [3.63, 3.8) is 0 Å². The van der Waals surface area contributed by atoms with Crippen molar-refractivity contribution in [1.29, 1.82) is 0 Å². The Kier molecular flexibility index (Phi) is 2.27. The van der Waals surface area contributed by atoms with Crippen LogP contribution in [0.15, 0.2) is 22.7 Å². The van der Waals surface area contributed by atoms with Crippen LogP contribution in [0.25, 0.3) is 10.9 Å². The van der Waals surface area contributed by atoms with E-state index < -0.39 is 0 Å². The van der Waals surface area contributed by atoms with E-state index in [2.05, 4.69) is 20.9 Å². The maximum Gasteiger partial charge on any atom is 0.125 e. The van der Waals surface area contributed by atoms with Crippen molar-refractivity contribution >= 4 is 26.8 Å². The first-order valence-corrected chi connectivity index (χ1v) is 5.11. The number of aromatic nitrogens is 1. The fraction of sp³-hybridized carbons (Fsp3) is 0.182. The van der Waals surface area contributed by atoms with E-state index in [1.54, 1.807) is 6.07 Å². The van der Waals surface area contributed by atoms with Crippen LogP contribution in [0.1, 0.15) is 11.3 Å². The minimum atomic E-state index is -0.250. The van der Waals surface area contributed by atoms with Crippen LogP contribution < -0.4 is 0 Å².